The van der Waals surface area contributed by atoms with E-state index in [0.717, 1.165) is 23.9 Å². The topological polar surface area (TPSA) is 128 Å². The predicted octanol–water partition coefficient (Wildman–Crippen LogP) is 3.08. The van der Waals surface area contributed by atoms with Crippen molar-refractivity contribution in [2.75, 3.05) is 11.9 Å². The van der Waals surface area contributed by atoms with Crippen LogP contribution in [0.3, 0.4) is 0 Å². The van der Waals surface area contributed by atoms with Crippen LogP contribution in [0.1, 0.15) is 40.9 Å². The van der Waals surface area contributed by atoms with Crippen LogP contribution in [0.25, 0.3) is 16.9 Å². The van der Waals surface area contributed by atoms with Gasteiger partial charge in [-0.3, -0.25) is 14.8 Å². The van der Waals surface area contributed by atoms with E-state index < -0.39 is 17.7 Å². The number of halogens is 1. The molecule has 0 fully saturated rings. The Hall–Kier alpha value is -4.36. The minimum Gasteiger partial charge on any atom is -0.387 e. The molecule has 4 heterocycles. The van der Waals surface area contributed by atoms with Crippen molar-refractivity contribution in [3.05, 3.63) is 77.4 Å². The summed E-state index contributed by atoms with van der Waals surface area (Å²) in [5, 5.41) is 29.5. The smallest absolute Gasteiger partial charge is 0.255 e. The number of amides is 1. The van der Waals surface area contributed by atoms with Gasteiger partial charge in [-0.2, -0.15) is 10.4 Å². The van der Waals surface area contributed by atoms with Crippen molar-refractivity contribution in [2.45, 2.75) is 44.5 Å². The first kappa shape index (κ1) is 24.3. The van der Waals surface area contributed by atoms with Crippen LogP contribution in [0, 0.1) is 11.3 Å². The Morgan fingerprint density at radius 3 is 2.81 bits per heavy atom. The fraction of sp³-hybridized carbons (Fsp3) is 0.296. The Bertz CT molecular complexity index is 1490. The largest absolute Gasteiger partial charge is 0.387 e. The van der Waals surface area contributed by atoms with Gasteiger partial charge >= 0.3 is 0 Å². The molecule has 0 aromatic carbocycles. The molecule has 5 rings (SSSR count). The first-order chi connectivity index (χ1) is 17.7. The molecule has 10 heteroatoms. The Morgan fingerprint density at radius 1 is 1.24 bits per heavy atom. The van der Waals surface area contributed by atoms with Gasteiger partial charge in [-0.05, 0) is 68.1 Å². The van der Waals surface area contributed by atoms with Crippen LogP contribution >= 0.6 is 0 Å². The van der Waals surface area contributed by atoms with Crippen molar-refractivity contribution >= 4 is 17.1 Å². The average Bonchev–Trinajstić information content (AvgIpc) is 3.49. The predicted molar refractivity (Wildman–Crippen MR) is 136 cm³/mol. The van der Waals surface area contributed by atoms with E-state index in [1.807, 2.05) is 24.4 Å². The van der Waals surface area contributed by atoms with E-state index in [4.69, 9.17) is 5.26 Å². The lowest BCUT2D eigenvalue weighted by Crippen LogP contribution is -2.42. The summed E-state index contributed by atoms with van der Waals surface area (Å²) in [7, 11) is 0. The second-order valence-electron chi connectivity index (χ2n) is 9.75. The number of nitrogens with zero attached hydrogens (tertiary/aromatic N) is 5. The van der Waals surface area contributed by atoms with Crippen LogP contribution < -0.4 is 10.6 Å². The minimum atomic E-state index is -1.63. The summed E-state index contributed by atoms with van der Waals surface area (Å²) in [6.07, 6.45) is 6.45. The molecule has 188 valence electrons. The highest BCUT2D eigenvalue weighted by Gasteiger charge is 2.28. The van der Waals surface area contributed by atoms with Crippen LogP contribution in [-0.2, 0) is 12.8 Å². The van der Waals surface area contributed by atoms with Gasteiger partial charge in [-0.1, -0.05) is 0 Å². The molecule has 4 aromatic heterocycles. The molecular formula is C27H26FN7O2. The summed E-state index contributed by atoms with van der Waals surface area (Å²) in [5.74, 6) is -0.498. The van der Waals surface area contributed by atoms with Crippen molar-refractivity contribution < 1.29 is 14.3 Å². The van der Waals surface area contributed by atoms with Crippen molar-refractivity contribution in [3.8, 4) is 17.5 Å². The Morgan fingerprint density at radius 2 is 2.05 bits per heavy atom. The number of nitriles is 1. The van der Waals surface area contributed by atoms with Gasteiger partial charge in [0.05, 0.1) is 52.1 Å². The van der Waals surface area contributed by atoms with Crippen LogP contribution in [-0.4, -0.2) is 55.0 Å². The number of hydrogen-bond acceptors (Lipinski definition) is 7. The SMILES string of the molecule is CC(C)(O)[C@H](F)CNC(=O)c1cnc(-c2ccc3cc(C#N)cnn23)cc1NC1Cc2ccncc2C1. The van der Waals surface area contributed by atoms with Gasteiger partial charge in [-0.15, -0.1) is 0 Å². The second-order valence-corrected chi connectivity index (χ2v) is 9.75. The van der Waals surface area contributed by atoms with Crippen molar-refractivity contribution in [2.24, 2.45) is 0 Å². The molecule has 2 atom stereocenters. The molecule has 1 amide bonds. The molecule has 37 heavy (non-hydrogen) atoms. The highest BCUT2D eigenvalue weighted by Crippen LogP contribution is 2.29. The van der Waals surface area contributed by atoms with Crippen LogP contribution in [0.4, 0.5) is 10.1 Å². The number of carbonyl (C=O) groups excluding carboxylic acids is 1. The zero-order valence-electron chi connectivity index (χ0n) is 20.4. The number of alkyl halides is 1. The second kappa shape index (κ2) is 9.59. The van der Waals surface area contributed by atoms with E-state index in [0.29, 0.717) is 22.6 Å². The lowest BCUT2D eigenvalue weighted by Gasteiger charge is -2.23. The first-order valence-corrected chi connectivity index (χ1v) is 11.9. The maximum absolute atomic E-state index is 14.3. The third kappa shape index (κ3) is 4.99. The quantitative estimate of drug-likeness (QED) is 0.356. The lowest BCUT2D eigenvalue weighted by atomic mass is 10.0. The van der Waals surface area contributed by atoms with E-state index in [9.17, 15) is 14.3 Å². The molecule has 1 aliphatic carbocycles. The van der Waals surface area contributed by atoms with E-state index in [2.05, 4.69) is 31.8 Å². The fourth-order valence-corrected chi connectivity index (χ4v) is 4.44. The number of rotatable bonds is 7. The molecule has 4 aromatic rings. The van der Waals surface area contributed by atoms with E-state index in [-0.39, 0.29) is 18.2 Å². The number of fused-ring (bicyclic) bond motifs is 2. The first-order valence-electron chi connectivity index (χ1n) is 11.9. The van der Waals surface area contributed by atoms with E-state index >= 15 is 0 Å². The number of nitrogens with one attached hydrogen (secondary N) is 2. The molecular weight excluding hydrogens is 473 g/mol. The number of aromatic nitrogens is 4. The average molecular weight is 500 g/mol. The molecule has 0 bridgehead atoms. The maximum atomic E-state index is 14.3. The minimum absolute atomic E-state index is 0.0340. The van der Waals surface area contributed by atoms with Gasteiger partial charge in [0.15, 0.2) is 0 Å². The molecule has 0 spiro atoms. The Kier molecular flexibility index (Phi) is 6.31. The fourth-order valence-electron chi connectivity index (χ4n) is 4.44. The maximum Gasteiger partial charge on any atom is 0.255 e. The van der Waals surface area contributed by atoms with Crippen LogP contribution in [0.15, 0.2) is 55.1 Å². The summed E-state index contributed by atoms with van der Waals surface area (Å²) in [6.45, 7) is 2.38. The van der Waals surface area contributed by atoms with Gasteiger partial charge < -0.3 is 15.7 Å². The molecule has 0 radical (unpaired) electrons. The third-order valence-corrected chi connectivity index (χ3v) is 6.55. The summed E-state index contributed by atoms with van der Waals surface area (Å²) < 4.78 is 16.0. The number of carbonyl (C=O) groups is 1. The molecule has 3 N–H and O–H groups in total. The Labute approximate surface area is 213 Å². The molecule has 0 saturated carbocycles. The number of hydrogen-bond donors (Lipinski definition) is 3. The van der Waals surface area contributed by atoms with Crippen LogP contribution in [0.2, 0.25) is 0 Å². The molecule has 9 nitrogen and oxygen atoms in total. The van der Waals surface area contributed by atoms with Gasteiger partial charge in [0.1, 0.15) is 12.2 Å². The summed E-state index contributed by atoms with van der Waals surface area (Å²) in [6, 6.07) is 11.3. The van der Waals surface area contributed by atoms with E-state index in [1.165, 1.54) is 31.8 Å². The molecule has 0 aliphatic heterocycles. The standard InChI is InChI=1S/C27H26FN7O2/c1-27(2,37)25(28)15-32-26(36)21-14-31-23(24-4-3-20-7-16(11-29)12-33-35(20)24)10-22(21)34-19-8-17-5-6-30-13-18(17)9-19/h3-7,10,12-14,19,25,37H,8-9,15H2,1-2H3,(H,31,34)(H,32,36)/t19?,25-/m1/s1. The Balaban J connectivity index is 1.47. The molecule has 0 saturated heterocycles. The highest BCUT2D eigenvalue weighted by molar-refractivity contribution is 6.00. The summed E-state index contributed by atoms with van der Waals surface area (Å²) >= 11 is 0. The van der Waals surface area contributed by atoms with Gasteiger partial charge in [0, 0.05) is 24.6 Å². The monoisotopic (exact) mass is 499 g/mol. The zero-order valence-corrected chi connectivity index (χ0v) is 20.4. The van der Waals surface area contributed by atoms with Gasteiger partial charge in [0.2, 0.25) is 0 Å². The third-order valence-electron chi connectivity index (χ3n) is 6.55. The normalized spacial score (nSPS) is 15.7. The molecule has 1 unspecified atom stereocenters. The summed E-state index contributed by atoms with van der Waals surface area (Å²) in [4.78, 5) is 21.8. The van der Waals surface area contributed by atoms with Crippen molar-refractivity contribution in [1.82, 2.24) is 24.9 Å². The number of aliphatic hydroxyl groups is 1. The van der Waals surface area contributed by atoms with Crippen molar-refractivity contribution in [1.29, 1.82) is 5.26 Å². The number of anilines is 1. The van der Waals surface area contributed by atoms with Crippen LogP contribution in [0.5, 0.6) is 0 Å². The molecule has 1 aliphatic rings. The van der Waals surface area contributed by atoms with Gasteiger partial charge in [0.25, 0.3) is 5.91 Å². The highest BCUT2D eigenvalue weighted by atomic mass is 19.1. The van der Waals surface area contributed by atoms with Gasteiger partial charge in [-0.25, -0.2) is 8.91 Å². The summed E-state index contributed by atoms with van der Waals surface area (Å²) in [5.41, 5.74) is 4.06. The lowest BCUT2D eigenvalue weighted by molar-refractivity contribution is -0.00177. The number of pyridine rings is 2. The zero-order chi connectivity index (χ0) is 26.2. The van der Waals surface area contributed by atoms with E-state index in [1.54, 1.807) is 22.8 Å². The van der Waals surface area contributed by atoms with Crippen molar-refractivity contribution in [3.63, 3.8) is 0 Å².